The number of hydrogen-bond acceptors (Lipinski definition) is 2. The standard InChI is InChI=1S/C7H16O2S.2CH4/c1-6(2)10(8,9)7(3,4)5;;/h6H,1-5H3;2*1H4. The van der Waals surface area contributed by atoms with Crippen LogP contribution in [0.15, 0.2) is 0 Å². The van der Waals surface area contributed by atoms with E-state index in [1.807, 2.05) is 0 Å². The van der Waals surface area contributed by atoms with Crippen molar-refractivity contribution in [2.24, 2.45) is 0 Å². The molecule has 0 radical (unpaired) electrons. The second-order valence-corrected chi connectivity index (χ2v) is 6.96. The Morgan fingerprint density at radius 2 is 1.25 bits per heavy atom. The van der Waals surface area contributed by atoms with Crippen LogP contribution in [-0.4, -0.2) is 18.4 Å². The molecule has 0 aromatic rings. The average Bonchev–Trinajstić information content (AvgIpc) is 1.62. The summed E-state index contributed by atoms with van der Waals surface area (Å²) in [6.07, 6.45) is 0. The van der Waals surface area contributed by atoms with Crippen molar-refractivity contribution < 1.29 is 8.42 Å². The second kappa shape index (κ2) is 4.85. The van der Waals surface area contributed by atoms with Crippen molar-refractivity contribution in [2.45, 2.75) is 59.5 Å². The zero-order valence-corrected chi connectivity index (χ0v) is 8.12. The van der Waals surface area contributed by atoms with Gasteiger partial charge in [-0.15, -0.1) is 0 Å². The molecule has 0 fully saturated rings. The van der Waals surface area contributed by atoms with Crippen LogP contribution in [0.5, 0.6) is 0 Å². The Bertz CT molecular complexity index is 195. The molecule has 0 bridgehead atoms. The van der Waals surface area contributed by atoms with E-state index in [2.05, 4.69) is 0 Å². The zero-order chi connectivity index (χ0) is 8.58. The molecule has 0 unspecified atom stereocenters. The summed E-state index contributed by atoms with van der Waals surface area (Å²) >= 11 is 0. The molecule has 0 aliphatic heterocycles. The molecule has 0 aliphatic carbocycles. The minimum absolute atomic E-state index is 0. The molecule has 2 nitrogen and oxygen atoms in total. The van der Waals surface area contributed by atoms with E-state index in [-0.39, 0.29) is 20.1 Å². The molecule has 0 aliphatic rings. The van der Waals surface area contributed by atoms with E-state index >= 15 is 0 Å². The van der Waals surface area contributed by atoms with E-state index < -0.39 is 14.6 Å². The van der Waals surface area contributed by atoms with E-state index in [9.17, 15) is 8.42 Å². The molecule has 12 heavy (non-hydrogen) atoms. The van der Waals surface area contributed by atoms with Gasteiger partial charge in [-0.25, -0.2) is 8.42 Å². The molecule has 0 aromatic carbocycles. The third-order valence-electron chi connectivity index (χ3n) is 1.47. The normalized spacial score (nSPS) is 11.8. The van der Waals surface area contributed by atoms with Gasteiger partial charge in [0.15, 0.2) is 9.84 Å². The Labute approximate surface area is 78.3 Å². The van der Waals surface area contributed by atoms with Crippen molar-refractivity contribution in [1.29, 1.82) is 0 Å². The van der Waals surface area contributed by atoms with Crippen LogP contribution in [0.1, 0.15) is 49.5 Å². The van der Waals surface area contributed by atoms with Gasteiger partial charge in [0.2, 0.25) is 0 Å². The lowest BCUT2D eigenvalue weighted by Crippen LogP contribution is -2.34. The van der Waals surface area contributed by atoms with Crippen LogP contribution < -0.4 is 0 Å². The fourth-order valence-electron chi connectivity index (χ4n) is 0.707. The summed E-state index contributed by atoms with van der Waals surface area (Å²) in [5.74, 6) is 0. The fraction of sp³-hybridized carbons (Fsp3) is 1.00. The third-order valence-corrected chi connectivity index (χ3v) is 4.42. The van der Waals surface area contributed by atoms with E-state index in [1.54, 1.807) is 34.6 Å². The summed E-state index contributed by atoms with van der Waals surface area (Å²) in [4.78, 5) is 0. The molecular weight excluding hydrogens is 172 g/mol. The monoisotopic (exact) mass is 196 g/mol. The minimum atomic E-state index is -2.91. The summed E-state index contributed by atoms with van der Waals surface area (Å²) in [5.41, 5.74) is 0. The highest BCUT2D eigenvalue weighted by Crippen LogP contribution is 2.19. The summed E-state index contributed by atoms with van der Waals surface area (Å²) in [6, 6.07) is 0. The fourth-order valence-corrected chi connectivity index (χ4v) is 2.12. The summed E-state index contributed by atoms with van der Waals surface area (Å²) in [5, 5.41) is -0.271. The van der Waals surface area contributed by atoms with Gasteiger partial charge in [0.1, 0.15) is 0 Å². The Hall–Kier alpha value is -0.0500. The van der Waals surface area contributed by atoms with Crippen LogP contribution in [0.4, 0.5) is 0 Å². The highest BCUT2D eigenvalue weighted by molar-refractivity contribution is 7.93. The predicted molar refractivity (Wildman–Crippen MR) is 57.3 cm³/mol. The van der Waals surface area contributed by atoms with Crippen molar-refractivity contribution >= 4 is 9.84 Å². The Kier molecular flexibility index (Phi) is 7.23. The number of sulfone groups is 1. The van der Waals surface area contributed by atoms with Gasteiger partial charge in [-0.3, -0.25) is 0 Å². The van der Waals surface area contributed by atoms with Crippen molar-refractivity contribution in [3.8, 4) is 0 Å². The molecule has 0 saturated heterocycles. The van der Waals surface area contributed by atoms with E-state index in [1.165, 1.54) is 0 Å². The van der Waals surface area contributed by atoms with Crippen LogP contribution >= 0.6 is 0 Å². The van der Waals surface area contributed by atoms with Crippen molar-refractivity contribution in [3.05, 3.63) is 0 Å². The summed E-state index contributed by atoms with van der Waals surface area (Å²) in [6.45, 7) is 8.59. The molecule has 0 atom stereocenters. The maximum absolute atomic E-state index is 11.4. The lowest BCUT2D eigenvalue weighted by atomic mass is 10.3. The van der Waals surface area contributed by atoms with Crippen LogP contribution in [0.2, 0.25) is 0 Å². The SMILES string of the molecule is C.C.CC(C)S(=O)(=O)C(C)(C)C. The first-order valence-electron chi connectivity index (χ1n) is 3.43. The van der Waals surface area contributed by atoms with E-state index in [4.69, 9.17) is 0 Å². The van der Waals surface area contributed by atoms with Crippen LogP contribution in [0, 0.1) is 0 Å². The molecular formula is C9H24O2S. The molecule has 0 rings (SSSR count). The van der Waals surface area contributed by atoms with Crippen molar-refractivity contribution in [1.82, 2.24) is 0 Å². The van der Waals surface area contributed by atoms with Crippen LogP contribution in [0.3, 0.4) is 0 Å². The smallest absolute Gasteiger partial charge is 0.157 e. The van der Waals surface area contributed by atoms with Crippen LogP contribution in [0.25, 0.3) is 0 Å². The number of hydrogen-bond donors (Lipinski definition) is 0. The lowest BCUT2D eigenvalue weighted by molar-refractivity contribution is 0.551. The van der Waals surface area contributed by atoms with E-state index in [0.29, 0.717) is 0 Å². The maximum atomic E-state index is 11.4. The van der Waals surface area contributed by atoms with E-state index in [0.717, 1.165) is 0 Å². The largest absolute Gasteiger partial charge is 0.228 e. The zero-order valence-electron chi connectivity index (χ0n) is 7.30. The van der Waals surface area contributed by atoms with Gasteiger partial charge >= 0.3 is 0 Å². The topological polar surface area (TPSA) is 34.1 Å². The Morgan fingerprint density at radius 3 is 1.25 bits per heavy atom. The molecule has 0 saturated carbocycles. The van der Waals surface area contributed by atoms with Crippen molar-refractivity contribution in [2.75, 3.05) is 0 Å². The van der Waals surface area contributed by atoms with Gasteiger partial charge in [-0.05, 0) is 34.6 Å². The first kappa shape index (κ1) is 17.9. The molecule has 0 heterocycles. The van der Waals surface area contributed by atoms with Gasteiger partial charge in [-0.1, -0.05) is 14.9 Å². The van der Waals surface area contributed by atoms with Gasteiger partial charge in [0, 0.05) is 0 Å². The maximum Gasteiger partial charge on any atom is 0.157 e. The van der Waals surface area contributed by atoms with Crippen LogP contribution in [-0.2, 0) is 9.84 Å². The predicted octanol–water partition coefficient (Wildman–Crippen LogP) is 2.88. The van der Waals surface area contributed by atoms with Gasteiger partial charge in [0.25, 0.3) is 0 Å². The van der Waals surface area contributed by atoms with Crippen molar-refractivity contribution in [3.63, 3.8) is 0 Å². The Morgan fingerprint density at radius 1 is 1.00 bits per heavy atom. The lowest BCUT2D eigenvalue weighted by Gasteiger charge is -2.21. The first-order chi connectivity index (χ1) is 4.19. The number of rotatable bonds is 1. The van der Waals surface area contributed by atoms with Gasteiger partial charge in [0.05, 0.1) is 10.00 Å². The van der Waals surface area contributed by atoms with Gasteiger partial charge < -0.3 is 0 Å². The van der Waals surface area contributed by atoms with Gasteiger partial charge in [-0.2, -0.15) is 0 Å². The molecule has 0 aromatic heterocycles. The molecule has 3 heteroatoms. The first-order valence-corrected chi connectivity index (χ1v) is 4.97. The molecule has 78 valence electrons. The molecule has 0 N–H and O–H groups in total. The average molecular weight is 196 g/mol. The second-order valence-electron chi connectivity index (χ2n) is 3.71. The highest BCUT2D eigenvalue weighted by atomic mass is 32.2. The summed E-state index contributed by atoms with van der Waals surface area (Å²) in [7, 11) is -2.91. The summed E-state index contributed by atoms with van der Waals surface area (Å²) < 4.78 is 22.1. The highest BCUT2D eigenvalue weighted by Gasteiger charge is 2.31. The molecule has 0 spiro atoms. The molecule has 0 amide bonds. The quantitative estimate of drug-likeness (QED) is 0.646. The third kappa shape index (κ3) is 3.57. The minimum Gasteiger partial charge on any atom is -0.228 e. The Balaban J connectivity index is -0.000000405.